The van der Waals surface area contributed by atoms with E-state index < -0.39 is 33.7 Å². The molecule has 8 nitrogen and oxygen atoms in total. The summed E-state index contributed by atoms with van der Waals surface area (Å²) in [6.45, 7) is 11.7. The van der Waals surface area contributed by atoms with E-state index in [9.17, 15) is 30.8 Å². The number of carbonyl (C=O) groups excluding carboxylic acids is 1. The molecule has 0 spiro atoms. The lowest BCUT2D eigenvalue weighted by Crippen LogP contribution is -2.44. The Bertz CT molecular complexity index is 1270. The molecule has 238 valence electrons. The van der Waals surface area contributed by atoms with Gasteiger partial charge in [-0.15, -0.1) is 6.58 Å². The number of anilines is 2. The third-order valence-electron chi connectivity index (χ3n) is 5.72. The Kier molecular flexibility index (Phi) is 14.3. The fourth-order valence-electron chi connectivity index (χ4n) is 3.07. The number of allylic oxidation sites excluding steroid dienone is 1. The van der Waals surface area contributed by atoms with Crippen LogP contribution < -0.4 is 14.4 Å². The van der Waals surface area contributed by atoms with E-state index >= 15 is 0 Å². The van der Waals surface area contributed by atoms with Gasteiger partial charge < -0.3 is 14.6 Å². The summed E-state index contributed by atoms with van der Waals surface area (Å²) in [5.74, 6) is -0.417. The maximum absolute atomic E-state index is 13.2. The molecule has 0 unspecified atom stereocenters. The highest BCUT2D eigenvalue weighted by atomic mass is 32.2. The number of ether oxygens (including phenoxy) is 2. The Hall–Kier alpha value is -3.32. The van der Waals surface area contributed by atoms with Crippen LogP contribution in [0, 0.1) is 5.82 Å². The van der Waals surface area contributed by atoms with Crippen LogP contribution in [-0.4, -0.2) is 51.2 Å². The lowest BCUT2D eigenvalue weighted by atomic mass is 10.1. The van der Waals surface area contributed by atoms with E-state index in [0.717, 1.165) is 47.0 Å². The van der Waals surface area contributed by atoms with Gasteiger partial charge in [-0.05, 0) is 76.1 Å². The van der Waals surface area contributed by atoms with Gasteiger partial charge in [0, 0.05) is 13.7 Å². The third-order valence-corrected chi connectivity index (χ3v) is 7.55. The van der Waals surface area contributed by atoms with Crippen LogP contribution in [0.5, 0.6) is 5.75 Å². The average Bonchev–Trinajstić information content (AvgIpc) is 2.91. The summed E-state index contributed by atoms with van der Waals surface area (Å²) in [5.41, 5.74) is -1.53. The Balaban J connectivity index is 0.00000126. The summed E-state index contributed by atoms with van der Waals surface area (Å²) in [4.78, 5) is 11.8. The highest BCUT2D eigenvalue weighted by Gasteiger charge is 2.51. The number of sulfonamides is 1. The first-order valence-electron chi connectivity index (χ1n) is 13.4. The number of benzene rings is 2. The molecular weight excluding hydrogens is 580 g/mol. The number of rotatable bonds is 8. The molecule has 42 heavy (non-hydrogen) atoms. The van der Waals surface area contributed by atoms with Gasteiger partial charge in [0.05, 0.1) is 17.1 Å². The van der Waals surface area contributed by atoms with Gasteiger partial charge >= 0.3 is 12.3 Å². The molecule has 0 atom stereocenters. The summed E-state index contributed by atoms with van der Waals surface area (Å²) < 4.78 is 88.8. The van der Waals surface area contributed by atoms with Crippen molar-refractivity contribution in [3.63, 3.8) is 0 Å². The van der Waals surface area contributed by atoms with E-state index in [1.807, 2.05) is 6.92 Å². The second-order valence-corrected chi connectivity index (χ2v) is 11.7. The molecular formula is C29H42F4N2O6S. The summed E-state index contributed by atoms with van der Waals surface area (Å²) in [5, 5.41) is 10.4. The van der Waals surface area contributed by atoms with E-state index in [1.165, 1.54) is 31.0 Å². The Morgan fingerprint density at radius 1 is 1.14 bits per heavy atom. The molecule has 2 aromatic rings. The van der Waals surface area contributed by atoms with Crippen molar-refractivity contribution >= 4 is 27.5 Å². The molecule has 2 N–H and O–H groups in total. The molecule has 1 aliphatic rings. The zero-order chi connectivity index (χ0) is 32.1. The van der Waals surface area contributed by atoms with Crippen LogP contribution in [-0.2, 0) is 14.8 Å². The Labute approximate surface area is 246 Å². The SMILES string of the molecule is C=C(C)CCCO.CC(C)(OC(=O)Nc1ccc2c(c1)N(S(=O)(=O)c1ccc(F)cc1)CCO2)C(F)(F)F.CCCC.[HH]. The van der Waals surface area contributed by atoms with Gasteiger partial charge in [0.1, 0.15) is 18.2 Å². The zero-order valence-electron chi connectivity index (χ0n) is 24.6. The van der Waals surface area contributed by atoms with Crippen molar-refractivity contribution in [3.8, 4) is 5.75 Å². The zero-order valence-corrected chi connectivity index (χ0v) is 25.4. The number of unbranched alkanes of at least 4 members (excludes halogenated alkanes) is 1. The smallest absolute Gasteiger partial charge is 0.427 e. The maximum atomic E-state index is 13.2. The molecule has 0 fully saturated rings. The lowest BCUT2D eigenvalue weighted by molar-refractivity contribution is -0.242. The fourth-order valence-corrected chi connectivity index (χ4v) is 4.52. The molecule has 1 aliphatic heterocycles. The van der Waals surface area contributed by atoms with E-state index in [0.29, 0.717) is 13.8 Å². The first-order valence-corrected chi connectivity index (χ1v) is 14.8. The molecule has 1 heterocycles. The number of fused-ring (bicyclic) bond motifs is 1. The lowest BCUT2D eigenvalue weighted by Gasteiger charge is -2.31. The van der Waals surface area contributed by atoms with Gasteiger partial charge in [0.25, 0.3) is 10.0 Å². The minimum Gasteiger partial charge on any atom is -0.489 e. The van der Waals surface area contributed by atoms with Gasteiger partial charge in [-0.2, -0.15) is 13.2 Å². The number of carbonyl (C=O) groups is 1. The van der Waals surface area contributed by atoms with Crippen LogP contribution in [0.25, 0.3) is 0 Å². The number of halogens is 4. The summed E-state index contributed by atoms with van der Waals surface area (Å²) in [6.07, 6.45) is -1.70. The highest BCUT2D eigenvalue weighted by molar-refractivity contribution is 7.92. The number of nitrogens with zero attached hydrogens (tertiary/aromatic N) is 1. The predicted octanol–water partition coefficient (Wildman–Crippen LogP) is 7.69. The normalized spacial score (nSPS) is 12.9. The van der Waals surface area contributed by atoms with Crippen molar-refractivity contribution in [3.05, 3.63) is 60.4 Å². The molecule has 2 aromatic carbocycles. The highest BCUT2D eigenvalue weighted by Crippen LogP contribution is 2.38. The predicted molar refractivity (Wildman–Crippen MR) is 157 cm³/mol. The van der Waals surface area contributed by atoms with E-state index in [-0.39, 0.29) is 43.2 Å². The van der Waals surface area contributed by atoms with E-state index in [4.69, 9.17) is 9.84 Å². The van der Waals surface area contributed by atoms with Crippen molar-refractivity contribution in [2.45, 2.75) is 77.0 Å². The number of nitrogens with one attached hydrogen (secondary N) is 1. The molecule has 0 radical (unpaired) electrons. The molecule has 0 saturated carbocycles. The fraction of sp³-hybridized carbons (Fsp3) is 0.483. The van der Waals surface area contributed by atoms with Crippen LogP contribution in [0.4, 0.5) is 33.7 Å². The third kappa shape index (κ3) is 11.2. The van der Waals surface area contributed by atoms with Crippen molar-refractivity contribution in [1.82, 2.24) is 0 Å². The number of aliphatic hydroxyl groups is 1. The van der Waals surface area contributed by atoms with Gasteiger partial charge in [0.2, 0.25) is 5.60 Å². The van der Waals surface area contributed by atoms with E-state index in [2.05, 4.69) is 30.5 Å². The quantitative estimate of drug-likeness (QED) is 0.231. The molecule has 3 rings (SSSR count). The molecule has 13 heteroatoms. The van der Waals surface area contributed by atoms with Gasteiger partial charge in [-0.3, -0.25) is 9.62 Å². The maximum Gasteiger partial charge on any atom is 0.427 e. The Morgan fingerprint density at radius 2 is 1.74 bits per heavy atom. The van der Waals surface area contributed by atoms with Crippen molar-refractivity contribution < 1.29 is 46.8 Å². The molecule has 0 saturated heterocycles. The number of alkyl halides is 3. The second-order valence-electron chi connectivity index (χ2n) is 9.87. The van der Waals surface area contributed by atoms with Crippen LogP contribution in [0.2, 0.25) is 0 Å². The van der Waals surface area contributed by atoms with Crippen LogP contribution >= 0.6 is 0 Å². The minimum atomic E-state index is -4.78. The molecule has 1 amide bonds. The number of hydrogen-bond acceptors (Lipinski definition) is 6. The molecule has 0 aromatic heterocycles. The van der Waals surface area contributed by atoms with Crippen molar-refractivity contribution in [2.75, 3.05) is 29.4 Å². The number of aliphatic hydroxyl groups excluding tert-OH is 1. The largest absolute Gasteiger partial charge is 0.489 e. The summed E-state index contributed by atoms with van der Waals surface area (Å²) in [6, 6.07) is 8.16. The Morgan fingerprint density at radius 3 is 2.21 bits per heavy atom. The second kappa shape index (κ2) is 16.4. The molecule has 0 bridgehead atoms. The van der Waals surface area contributed by atoms with Crippen LogP contribution in [0.1, 0.15) is 61.7 Å². The van der Waals surface area contributed by atoms with Gasteiger partial charge in [-0.25, -0.2) is 17.6 Å². The first kappa shape index (κ1) is 36.7. The molecule has 0 aliphatic carbocycles. The van der Waals surface area contributed by atoms with Crippen molar-refractivity contribution in [2.24, 2.45) is 0 Å². The topological polar surface area (TPSA) is 105 Å². The van der Waals surface area contributed by atoms with Crippen LogP contribution in [0.3, 0.4) is 0 Å². The van der Waals surface area contributed by atoms with Gasteiger partial charge in [0.15, 0.2) is 0 Å². The number of amides is 1. The first-order chi connectivity index (χ1) is 19.5. The van der Waals surface area contributed by atoms with Gasteiger partial charge in [-0.1, -0.05) is 32.3 Å². The standard InChI is InChI=1S/C19H18F4N2O5S.C6H12O.C4H10.H2/c1-18(2,19(21,22)23)30-17(26)24-13-5-8-16-15(11-13)25(9-10-29-16)31(27,28)14-6-3-12(20)4-7-14;1-6(2)4-3-5-7;1-3-4-2;/h3-8,11H,9-10H2,1-2H3,(H,24,26);7H,1,3-5H2,2H3;3-4H2,1-2H3;1H. The number of hydrogen-bond donors (Lipinski definition) is 2. The van der Waals surface area contributed by atoms with E-state index in [1.54, 1.807) is 0 Å². The summed E-state index contributed by atoms with van der Waals surface area (Å²) in [7, 11) is -4.09. The minimum absolute atomic E-state index is 0. The van der Waals surface area contributed by atoms with Crippen molar-refractivity contribution in [1.29, 1.82) is 0 Å². The summed E-state index contributed by atoms with van der Waals surface area (Å²) >= 11 is 0. The van der Waals surface area contributed by atoms with Crippen LogP contribution in [0.15, 0.2) is 59.5 Å². The average molecular weight is 623 g/mol. The monoisotopic (exact) mass is 622 g/mol.